The third-order valence-corrected chi connectivity index (χ3v) is 5.22. The molecule has 2 aromatic rings. The van der Waals surface area contributed by atoms with Gasteiger partial charge in [0, 0.05) is 19.0 Å². The van der Waals surface area contributed by atoms with E-state index >= 15 is 0 Å². The van der Waals surface area contributed by atoms with E-state index in [0.29, 0.717) is 0 Å². The summed E-state index contributed by atoms with van der Waals surface area (Å²) in [5.74, 6) is -0.932. The van der Waals surface area contributed by atoms with Crippen LogP contribution in [0.2, 0.25) is 0 Å². The highest BCUT2D eigenvalue weighted by Crippen LogP contribution is 2.33. The number of para-hydroxylation sites is 1. The van der Waals surface area contributed by atoms with Crippen LogP contribution < -0.4 is 5.32 Å². The molecule has 0 unspecified atom stereocenters. The van der Waals surface area contributed by atoms with Crippen LogP contribution in [0.15, 0.2) is 54.6 Å². The zero-order chi connectivity index (χ0) is 20.9. The lowest BCUT2D eigenvalue weighted by Gasteiger charge is -2.44. The summed E-state index contributed by atoms with van der Waals surface area (Å²) in [6.45, 7) is 2.30. The highest BCUT2D eigenvalue weighted by atomic mass is 19.1. The predicted molar refractivity (Wildman–Crippen MR) is 107 cm³/mol. The van der Waals surface area contributed by atoms with E-state index in [1.54, 1.807) is 23.1 Å². The molecule has 1 aliphatic heterocycles. The zero-order valence-electron chi connectivity index (χ0n) is 16.6. The maximum Gasteiger partial charge on any atom is 0.410 e. The third kappa shape index (κ3) is 4.67. The summed E-state index contributed by atoms with van der Waals surface area (Å²) >= 11 is 0. The Morgan fingerprint density at radius 3 is 2.52 bits per heavy atom. The van der Waals surface area contributed by atoms with Crippen molar-refractivity contribution in [1.82, 2.24) is 4.90 Å². The molecule has 2 aromatic carbocycles. The second kappa shape index (κ2) is 8.94. The van der Waals surface area contributed by atoms with E-state index in [2.05, 4.69) is 5.32 Å². The molecule has 1 aliphatic rings. The van der Waals surface area contributed by atoms with Gasteiger partial charge < -0.3 is 19.7 Å². The van der Waals surface area contributed by atoms with Gasteiger partial charge in [0.15, 0.2) is 0 Å². The van der Waals surface area contributed by atoms with E-state index in [1.807, 2.05) is 37.3 Å². The minimum absolute atomic E-state index is 0.179. The van der Waals surface area contributed by atoms with Crippen molar-refractivity contribution in [2.24, 2.45) is 0 Å². The molecule has 7 heteroatoms. The van der Waals surface area contributed by atoms with Crippen LogP contribution in [0.1, 0.15) is 25.3 Å². The summed E-state index contributed by atoms with van der Waals surface area (Å²) in [5.41, 5.74) is 0.00730. The Hall–Kier alpha value is -3.09. The Morgan fingerprint density at radius 2 is 1.86 bits per heavy atom. The number of nitrogens with one attached hydrogen (secondary N) is 1. The molecule has 0 aliphatic carbocycles. The van der Waals surface area contributed by atoms with Crippen molar-refractivity contribution < 1.29 is 23.5 Å². The number of ether oxygens (including phenoxy) is 2. The summed E-state index contributed by atoms with van der Waals surface area (Å²) in [5, 5.41) is 3.03. The zero-order valence-corrected chi connectivity index (χ0v) is 16.6. The number of hydrogen-bond acceptors (Lipinski definition) is 5. The van der Waals surface area contributed by atoms with Crippen molar-refractivity contribution in [3.05, 3.63) is 66.0 Å². The minimum Gasteiger partial charge on any atom is -0.467 e. The fourth-order valence-electron chi connectivity index (χ4n) is 3.69. The predicted octanol–water partition coefficient (Wildman–Crippen LogP) is 3.97. The van der Waals surface area contributed by atoms with Gasteiger partial charge in [-0.2, -0.15) is 0 Å². The van der Waals surface area contributed by atoms with Gasteiger partial charge in [-0.05, 0) is 31.0 Å². The highest BCUT2D eigenvalue weighted by Gasteiger charge is 2.47. The van der Waals surface area contributed by atoms with E-state index in [-0.39, 0.29) is 37.7 Å². The van der Waals surface area contributed by atoms with E-state index in [4.69, 9.17) is 9.47 Å². The van der Waals surface area contributed by atoms with E-state index in [1.165, 1.54) is 13.2 Å². The molecular formula is C22H25FN2O4. The normalized spacial score (nSPS) is 21.3. The lowest BCUT2D eigenvalue weighted by Crippen LogP contribution is -2.59. The monoisotopic (exact) mass is 400 g/mol. The number of hydrogen-bond donors (Lipinski definition) is 1. The summed E-state index contributed by atoms with van der Waals surface area (Å²) in [7, 11) is 1.30. The maximum atomic E-state index is 14.1. The molecule has 0 bridgehead atoms. The number of benzene rings is 2. The number of halogens is 1. The Bertz CT molecular complexity index is 861. The van der Waals surface area contributed by atoms with Crippen LogP contribution in [0.5, 0.6) is 0 Å². The van der Waals surface area contributed by atoms with Gasteiger partial charge in [0.2, 0.25) is 0 Å². The number of piperidine rings is 1. The smallest absolute Gasteiger partial charge is 0.410 e. The SMILES string of the molecule is COC(=O)[C@]1(Nc2ccccc2F)CCN(C(=O)OCc2ccccc2)[C@@H](C)C1. The highest BCUT2D eigenvalue weighted by molar-refractivity contribution is 5.85. The molecule has 0 aromatic heterocycles. The van der Waals surface area contributed by atoms with Crippen LogP contribution in [0.4, 0.5) is 14.9 Å². The van der Waals surface area contributed by atoms with Gasteiger partial charge in [-0.3, -0.25) is 0 Å². The second-order valence-corrected chi connectivity index (χ2v) is 7.22. The first-order valence-electron chi connectivity index (χ1n) is 9.53. The molecule has 29 heavy (non-hydrogen) atoms. The van der Waals surface area contributed by atoms with Crippen LogP contribution >= 0.6 is 0 Å². The Morgan fingerprint density at radius 1 is 1.17 bits per heavy atom. The van der Waals surface area contributed by atoms with E-state index in [0.717, 1.165) is 5.56 Å². The molecule has 1 fully saturated rings. The number of carbonyl (C=O) groups is 2. The number of nitrogens with zero attached hydrogens (tertiary/aromatic N) is 1. The molecule has 1 saturated heterocycles. The first-order chi connectivity index (χ1) is 13.9. The first kappa shape index (κ1) is 20.6. The minimum atomic E-state index is -1.12. The number of esters is 1. The fourth-order valence-corrected chi connectivity index (χ4v) is 3.69. The van der Waals surface area contributed by atoms with Gasteiger partial charge in [0.1, 0.15) is 18.0 Å². The van der Waals surface area contributed by atoms with Crippen molar-refractivity contribution in [3.63, 3.8) is 0 Å². The standard InChI is InChI=1S/C22H25FN2O4/c1-16-14-22(20(26)28-2,24-19-11-7-6-10-18(19)23)12-13-25(16)21(27)29-15-17-8-4-3-5-9-17/h3-11,16,24H,12-15H2,1-2H3/t16-,22-/m0/s1. The van der Waals surface area contributed by atoms with E-state index < -0.39 is 23.4 Å². The van der Waals surface area contributed by atoms with Crippen LogP contribution in [-0.4, -0.2) is 42.2 Å². The number of amides is 1. The Balaban J connectivity index is 1.69. The van der Waals surface area contributed by atoms with Crippen LogP contribution in [-0.2, 0) is 20.9 Å². The van der Waals surface area contributed by atoms with Crippen LogP contribution in [0.3, 0.4) is 0 Å². The number of likely N-dealkylation sites (tertiary alicyclic amines) is 1. The number of carbonyl (C=O) groups excluding carboxylic acids is 2. The van der Waals surface area contributed by atoms with Gasteiger partial charge in [-0.15, -0.1) is 0 Å². The second-order valence-electron chi connectivity index (χ2n) is 7.22. The average Bonchev–Trinajstić information content (AvgIpc) is 2.74. The average molecular weight is 400 g/mol. The van der Waals surface area contributed by atoms with Crippen molar-refractivity contribution >= 4 is 17.7 Å². The molecule has 3 rings (SSSR count). The summed E-state index contributed by atoms with van der Waals surface area (Å²) in [4.78, 5) is 26.7. The maximum absolute atomic E-state index is 14.1. The Labute approximate surface area is 169 Å². The fraction of sp³-hybridized carbons (Fsp3) is 0.364. The molecule has 1 heterocycles. The molecule has 0 saturated carbocycles. The van der Waals surface area contributed by atoms with Gasteiger partial charge in [-0.1, -0.05) is 42.5 Å². The van der Waals surface area contributed by atoms with Crippen molar-refractivity contribution in [2.45, 2.75) is 38.0 Å². The van der Waals surface area contributed by atoms with Gasteiger partial charge in [0.05, 0.1) is 12.8 Å². The van der Waals surface area contributed by atoms with Crippen molar-refractivity contribution in [1.29, 1.82) is 0 Å². The van der Waals surface area contributed by atoms with E-state index in [9.17, 15) is 14.0 Å². The Kier molecular flexibility index (Phi) is 6.36. The molecular weight excluding hydrogens is 375 g/mol. The topological polar surface area (TPSA) is 67.9 Å². The van der Waals surface area contributed by atoms with Crippen molar-refractivity contribution in [3.8, 4) is 0 Å². The van der Waals surface area contributed by atoms with Gasteiger partial charge >= 0.3 is 12.1 Å². The van der Waals surface area contributed by atoms with Crippen LogP contribution in [0.25, 0.3) is 0 Å². The number of anilines is 1. The molecule has 6 nitrogen and oxygen atoms in total. The van der Waals surface area contributed by atoms with Crippen LogP contribution in [0, 0.1) is 5.82 Å². The molecule has 1 N–H and O–H groups in total. The van der Waals surface area contributed by atoms with Gasteiger partial charge in [-0.25, -0.2) is 14.0 Å². The number of rotatable bonds is 5. The molecule has 1 amide bonds. The van der Waals surface area contributed by atoms with Crippen molar-refractivity contribution in [2.75, 3.05) is 19.0 Å². The molecule has 0 radical (unpaired) electrons. The molecule has 154 valence electrons. The lowest BCUT2D eigenvalue weighted by atomic mass is 9.83. The summed E-state index contributed by atoms with van der Waals surface area (Å²) < 4.78 is 24.6. The molecule has 2 atom stereocenters. The third-order valence-electron chi connectivity index (χ3n) is 5.22. The lowest BCUT2D eigenvalue weighted by molar-refractivity contribution is -0.148. The largest absolute Gasteiger partial charge is 0.467 e. The molecule has 0 spiro atoms. The number of methoxy groups -OCH3 is 1. The first-order valence-corrected chi connectivity index (χ1v) is 9.53. The quantitative estimate of drug-likeness (QED) is 0.770. The van der Waals surface area contributed by atoms with Gasteiger partial charge in [0.25, 0.3) is 0 Å². The summed E-state index contributed by atoms with van der Waals surface area (Å²) in [6, 6.07) is 15.3. The summed E-state index contributed by atoms with van der Waals surface area (Å²) in [6.07, 6.45) is 0.110.